The molecule has 1 rings (SSSR count). The maximum atomic E-state index is 12.4. The fourth-order valence-electron chi connectivity index (χ4n) is 2.19. The summed E-state index contributed by atoms with van der Waals surface area (Å²) in [7, 11) is 0. The molecule has 22 heavy (non-hydrogen) atoms. The molecule has 0 fully saturated rings. The van der Waals surface area contributed by atoms with Gasteiger partial charge in [-0.2, -0.15) is 0 Å². The minimum absolute atomic E-state index is 0.118. The molecule has 120 valence electrons. The van der Waals surface area contributed by atoms with E-state index in [9.17, 15) is 19.7 Å². The van der Waals surface area contributed by atoms with Crippen molar-refractivity contribution in [3.05, 3.63) is 39.9 Å². The Bertz CT molecular complexity index is 534. The molecule has 1 aromatic rings. The SMILES string of the molecule is CCOC(=O)C(CC)(C(=O)OCC)c1ccc([N+](=O)[O-])cc1. The minimum atomic E-state index is -1.61. The molecule has 0 aromatic heterocycles. The lowest BCUT2D eigenvalue weighted by molar-refractivity contribution is -0.384. The topological polar surface area (TPSA) is 95.7 Å². The number of carbonyl (C=O) groups is 2. The standard InChI is InChI=1S/C15H19NO6/c1-4-15(13(17)21-5-2,14(18)22-6-3)11-7-9-12(10-8-11)16(19)20/h7-10H,4-6H2,1-3H3. The van der Waals surface area contributed by atoms with E-state index in [-0.39, 0.29) is 25.3 Å². The van der Waals surface area contributed by atoms with Crippen molar-refractivity contribution in [2.45, 2.75) is 32.6 Å². The summed E-state index contributed by atoms with van der Waals surface area (Å²) < 4.78 is 10.0. The van der Waals surface area contributed by atoms with E-state index in [4.69, 9.17) is 9.47 Å². The van der Waals surface area contributed by atoms with Crippen LogP contribution in [-0.4, -0.2) is 30.1 Å². The van der Waals surface area contributed by atoms with Gasteiger partial charge in [0.1, 0.15) is 0 Å². The Labute approximate surface area is 128 Å². The molecule has 7 nitrogen and oxygen atoms in total. The third kappa shape index (κ3) is 3.24. The number of rotatable bonds is 7. The number of nitro benzene ring substituents is 1. The number of ether oxygens (including phenoxy) is 2. The van der Waals surface area contributed by atoms with Crippen LogP contribution in [-0.2, 0) is 24.5 Å². The molecule has 0 N–H and O–H groups in total. The molecular weight excluding hydrogens is 290 g/mol. The molecule has 0 saturated carbocycles. The molecule has 0 bridgehead atoms. The third-order valence-electron chi connectivity index (χ3n) is 3.35. The van der Waals surface area contributed by atoms with Crippen LogP contribution < -0.4 is 0 Å². The second-order valence-electron chi connectivity index (χ2n) is 4.50. The van der Waals surface area contributed by atoms with Crippen molar-refractivity contribution >= 4 is 17.6 Å². The van der Waals surface area contributed by atoms with Crippen molar-refractivity contribution in [2.24, 2.45) is 0 Å². The molecule has 0 aliphatic carbocycles. The summed E-state index contributed by atoms with van der Waals surface area (Å²) in [6.45, 7) is 5.17. The molecule has 0 aliphatic heterocycles. The summed E-state index contributed by atoms with van der Waals surface area (Å²) in [6.07, 6.45) is 0.127. The van der Waals surface area contributed by atoms with Gasteiger partial charge in [0, 0.05) is 12.1 Å². The number of nitro groups is 1. The van der Waals surface area contributed by atoms with Crippen molar-refractivity contribution in [1.29, 1.82) is 0 Å². The summed E-state index contributed by atoms with van der Waals surface area (Å²) in [5.74, 6) is -1.44. The first-order valence-electron chi connectivity index (χ1n) is 7.03. The van der Waals surface area contributed by atoms with Crippen LogP contribution in [0.15, 0.2) is 24.3 Å². The highest BCUT2D eigenvalue weighted by Crippen LogP contribution is 2.32. The van der Waals surface area contributed by atoms with Gasteiger partial charge in [-0.05, 0) is 25.8 Å². The number of hydrogen-bond donors (Lipinski definition) is 0. The van der Waals surface area contributed by atoms with Crippen LogP contribution >= 0.6 is 0 Å². The van der Waals surface area contributed by atoms with Crippen LogP contribution in [0.5, 0.6) is 0 Å². The monoisotopic (exact) mass is 309 g/mol. The van der Waals surface area contributed by atoms with Gasteiger partial charge in [0.15, 0.2) is 5.41 Å². The summed E-state index contributed by atoms with van der Waals surface area (Å²) in [6, 6.07) is 5.27. The van der Waals surface area contributed by atoms with Crippen molar-refractivity contribution in [3.8, 4) is 0 Å². The van der Waals surface area contributed by atoms with Crippen LogP contribution in [0.4, 0.5) is 5.69 Å². The smallest absolute Gasteiger partial charge is 0.328 e. The van der Waals surface area contributed by atoms with Gasteiger partial charge in [-0.3, -0.25) is 19.7 Å². The molecule has 0 aliphatic rings. The summed E-state index contributed by atoms with van der Waals surface area (Å²) >= 11 is 0. The first kappa shape index (κ1) is 17.6. The molecule has 0 spiro atoms. The number of esters is 2. The maximum Gasteiger partial charge on any atom is 0.328 e. The average molecular weight is 309 g/mol. The van der Waals surface area contributed by atoms with Crippen molar-refractivity contribution in [2.75, 3.05) is 13.2 Å². The summed E-state index contributed by atoms with van der Waals surface area (Å²) in [5.41, 5.74) is -1.42. The summed E-state index contributed by atoms with van der Waals surface area (Å²) in [4.78, 5) is 34.9. The van der Waals surface area contributed by atoms with Gasteiger partial charge >= 0.3 is 11.9 Å². The molecule has 0 heterocycles. The summed E-state index contributed by atoms with van der Waals surface area (Å²) in [5, 5.41) is 10.7. The van der Waals surface area contributed by atoms with Crippen molar-refractivity contribution in [3.63, 3.8) is 0 Å². The van der Waals surface area contributed by atoms with E-state index in [0.29, 0.717) is 5.56 Å². The Morgan fingerprint density at radius 3 is 1.82 bits per heavy atom. The minimum Gasteiger partial charge on any atom is -0.465 e. The largest absolute Gasteiger partial charge is 0.465 e. The quantitative estimate of drug-likeness (QED) is 0.332. The van der Waals surface area contributed by atoms with Gasteiger partial charge in [-0.1, -0.05) is 19.1 Å². The number of non-ortho nitro benzene ring substituents is 1. The molecule has 0 saturated heterocycles. The average Bonchev–Trinajstić information content (AvgIpc) is 2.49. The zero-order valence-corrected chi connectivity index (χ0v) is 12.8. The molecule has 1 aromatic carbocycles. The second-order valence-corrected chi connectivity index (χ2v) is 4.50. The fourth-order valence-corrected chi connectivity index (χ4v) is 2.19. The second kappa shape index (κ2) is 7.53. The fraction of sp³-hybridized carbons (Fsp3) is 0.467. The Kier molecular flexibility index (Phi) is 6.03. The zero-order valence-electron chi connectivity index (χ0n) is 12.8. The highest BCUT2D eigenvalue weighted by Gasteiger charge is 2.49. The van der Waals surface area contributed by atoms with Crippen molar-refractivity contribution < 1.29 is 24.0 Å². The van der Waals surface area contributed by atoms with Crippen LogP contribution in [0.1, 0.15) is 32.8 Å². The van der Waals surface area contributed by atoms with Gasteiger partial charge in [0.05, 0.1) is 18.1 Å². The highest BCUT2D eigenvalue weighted by atomic mass is 16.6. The number of hydrogen-bond acceptors (Lipinski definition) is 6. The molecule has 7 heteroatoms. The molecule has 0 amide bonds. The molecular formula is C15H19NO6. The van der Waals surface area contributed by atoms with Crippen LogP contribution in [0.2, 0.25) is 0 Å². The van der Waals surface area contributed by atoms with Gasteiger partial charge < -0.3 is 9.47 Å². The van der Waals surface area contributed by atoms with E-state index in [0.717, 1.165) is 0 Å². The highest BCUT2D eigenvalue weighted by molar-refractivity contribution is 6.06. The Morgan fingerprint density at radius 1 is 1.05 bits per heavy atom. The number of nitrogens with zero attached hydrogens (tertiary/aromatic N) is 1. The first-order chi connectivity index (χ1) is 10.4. The van der Waals surface area contributed by atoms with Crippen LogP contribution in [0.3, 0.4) is 0 Å². The predicted molar refractivity (Wildman–Crippen MR) is 78.3 cm³/mol. The number of carbonyl (C=O) groups excluding carboxylic acids is 2. The van der Waals surface area contributed by atoms with Gasteiger partial charge in [0.2, 0.25) is 0 Å². The zero-order chi connectivity index (χ0) is 16.8. The van der Waals surface area contributed by atoms with Crippen LogP contribution in [0, 0.1) is 10.1 Å². The van der Waals surface area contributed by atoms with Crippen LogP contribution in [0.25, 0.3) is 0 Å². The third-order valence-corrected chi connectivity index (χ3v) is 3.35. The van der Waals surface area contributed by atoms with Crippen molar-refractivity contribution in [1.82, 2.24) is 0 Å². The Balaban J connectivity index is 3.37. The molecule has 0 radical (unpaired) electrons. The predicted octanol–water partition coefficient (Wildman–Crippen LogP) is 2.37. The van der Waals surface area contributed by atoms with E-state index in [2.05, 4.69) is 0 Å². The number of benzene rings is 1. The Morgan fingerprint density at radius 2 is 1.50 bits per heavy atom. The van der Waals surface area contributed by atoms with E-state index in [1.807, 2.05) is 0 Å². The lowest BCUT2D eigenvalue weighted by Crippen LogP contribution is -2.45. The van der Waals surface area contributed by atoms with Gasteiger partial charge in [-0.25, -0.2) is 0 Å². The van der Waals surface area contributed by atoms with E-state index >= 15 is 0 Å². The molecule has 0 unspecified atom stereocenters. The normalized spacial score (nSPS) is 10.9. The van der Waals surface area contributed by atoms with E-state index < -0.39 is 22.3 Å². The Hall–Kier alpha value is -2.44. The maximum absolute atomic E-state index is 12.4. The molecule has 0 atom stereocenters. The van der Waals surface area contributed by atoms with Gasteiger partial charge in [-0.15, -0.1) is 0 Å². The van der Waals surface area contributed by atoms with E-state index in [1.54, 1.807) is 20.8 Å². The lowest BCUT2D eigenvalue weighted by atomic mass is 9.78. The first-order valence-corrected chi connectivity index (χ1v) is 7.03. The van der Waals surface area contributed by atoms with E-state index in [1.165, 1.54) is 24.3 Å². The lowest BCUT2D eigenvalue weighted by Gasteiger charge is -2.28. The van der Waals surface area contributed by atoms with Gasteiger partial charge in [0.25, 0.3) is 5.69 Å².